The van der Waals surface area contributed by atoms with Crippen LogP contribution in [0.25, 0.3) is 21.3 Å². The predicted octanol–water partition coefficient (Wildman–Crippen LogP) is 3.85. The van der Waals surface area contributed by atoms with Crippen LogP contribution in [0.2, 0.25) is 0 Å². The highest BCUT2D eigenvalue weighted by molar-refractivity contribution is 7.18. The largest absolute Gasteiger partial charge is 0.348 e. The monoisotopic (exact) mass is 379 g/mol. The van der Waals surface area contributed by atoms with E-state index in [9.17, 15) is 4.79 Å². The van der Waals surface area contributed by atoms with Gasteiger partial charge in [0.15, 0.2) is 0 Å². The highest BCUT2D eigenvalue weighted by atomic mass is 32.1. The number of rotatable bonds is 4. The molecule has 0 fully saturated rings. The van der Waals surface area contributed by atoms with Crippen LogP contribution in [0.4, 0.5) is 5.95 Å². The van der Waals surface area contributed by atoms with Crippen LogP contribution < -0.4 is 10.9 Å². The van der Waals surface area contributed by atoms with Gasteiger partial charge in [-0.15, -0.1) is 11.3 Å². The first kappa shape index (κ1) is 16.5. The van der Waals surface area contributed by atoms with Crippen LogP contribution in [0.3, 0.4) is 0 Å². The fourth-order valence-corrected chi connectivity index (χ4v) is 5.17. The molecule has 0 spiro atoms. The molecule has 0 saturated heterocycles. The number of hydrogen-bond acceptors (Lipinski definition) is 5. The van der Waals surface area contributed by atoms with Crippen LogP contribution in [0.15, 0.2) is 29.1 Å². The molecule has 7 heteroatoms. The Kier molecular flexibility index (Phi) is 3.97. The third-order valence-corrected chi connectivity index (χ3v) is 6.43. The van der Waals surface area contributed by atoms with E-state index in [4.69, 9.17) is 4.98 Å². The molecule has 0 radical (unpaired) electrons. The fourth-order valence-electron chi connectivity index (χ4n) is 3.92. The summed E-state index contributed by atoms with van der Waals surface area (Å²) in [5.41, 5.74) is 3.27. The molecule has 0 amide bonds. The number of hydrogen-bond donors (Lipinski definition) is 2. The Morgan fingerprint density at radius 3 is 2.93 bits per heavy atom. The summed E-state index contributed by atoms with van der Waals surface area (Å²) < 4.78 is 1.74. The molecule has 138 valence electrons. The molecule has 3 heterocycles. The number of imidazole rings is 1. The quantitative estimate of drug-likeness (QED) is 0.565. The van der Waals surface area contributed by atoms with Crippen LogP contribution in [0.5, 0.6) is 0 Å². The van der Waals surface area contributed by atoms with Crippen molar-refractivity contribution in [1.82, 2.24) is 19.5 Å². The van der Waals surface area contributed by atoms with Gasteiger partial charge in [-0.1, -0.05) is 12.1 Å². The van der Waals surface area contributed by atoms with E-state index in [0.717, 1.165) is 46.3 Å². The normalized spacial score (nSPS) is 14.0. The number of thiophene rings is 1. The molecule has 6 nitrogen and oxygen atoms in total. The Morgan fingerprint density at radius 2 is 2.07 bits per heavy atom. The number of aryl methyl sites for hydroxylation is 2. The molecule has 0 unspecified atom stereocenters. The van der Waals surface area contributed by atoms with Crippen LogP contribution in [0, 0.1) is 0 Å². The Morgan fingerprint density at radius 1 is 1.22 bits per heavy atom. The summed E-state index contributed by atoms with van der Waals surface area (Å²) in [7, 11) is 0. The average Bonchev–Trinajstić information content (AvgIpc) is 3.27. The number of anilines is 1. The molecule has 5 rings (SSSR count). The molecule has 0 bridgehead atoms. The molecule has 3 aromatic heterocycles. The van der Waals surface area contributed by atoms with E-state index >= 15 is 0 Å². The first-order chi connectivity index (χ1) is 13.2. The minimum absolute atomic E-state index is 0.0778. The van der Waals surface area contributed by atoms with Gasteiger partial charge >= 0.3 is 0 Å². The average molecular weight is 379 g/mol. The van der Waals surface area contributed by atoms with E-state index in [0.29, 0.717) is 19.0 Å². The number of aromatic amines is 1. The van der Waals surface area contributed by atoms with Crippen molar-refractivity contribution < 1.29 is 0 Å². The van der Waals surface area contributed by atoms with Crippen molar-refractivity contribution >= 4 is 38.5 Å². The zero-order valence-electron chi connectivity index (χ0n) is 15.2. The first-order valence-corrected chi connectivity index (χ1v) is 10.3. The molecular weight excluding hydrogens is 358 g/mol. The zero-order valence-corrected chi connectivity index (χ0v) is 16.0. The van der Waals surface area contributed by atoms with E-state index in [-0.39, 0.29) is 5.56 Å². The summed E-state index contributed by atoms with van der Waals surface area (Å²) in [6, 6.07) is 7.95. The molecule has 1 aliphatic carbocycles. The summed E-state index contributed by atoms with van der Waals surface area (Å²) in [5.74, 6) is 1.45. The summed E-state index contributed by atoms with van der Waals surface area (Å²) in [6.45, 7) is 3.08. The zero-order chi connectivity index (χ0) is 18.4. The number of nitrogens with zero attached hydrogens (tertiary/aromatic N) is 3. The van der Waals surface area contributed by atoms with Crippen molar-refractivity contribution in [2.75, 3.05) is 5.32 Å². The highest BCUT2D eigenvalue weighted by Crippen LogP contribution is 2.34. The second-order valence-corrected chi connectivity index (χ2v) is 8.01. The molecule has 2 N–H and O–H groups in total. The topological polar surface area (TPSA) is 75.6 Å². The summed E-state index contributed by atoms with van der Waals surface area (Å²) in [5, 5.41) is 4.16. The van der Waals surface area contributed by atoms with Crippen LogP contribution in [-0.2, 0) is 25.9 Å². The SMILES string of the molecule is CCn1c(NCc2nc3ccccc3[nH]2)nc2sc3c(c2c1=O)CCCC3. The van der Waals surface area contributed by atoms with Crippen molar-refractivity contribution in [2.24, 2.45) is 0 Å². The van der Waals surface area contributed by atoms with Gasteiger partial charge in [0.05, 0.1) is 23.0 Å². The van der Waals surface area contributed by atoms with Gasteiger partial charge in [0.1, 0.15) is 10.7 Å². The van der Waals surface area contributed by atoms with Gasteiger partial charge in [-0.05, 0) is 50.3 Å². The van der Waals surface area contributed by atoms with Crippen molar-refractivity contribution in [3.8, 4) is 0 Å². The standard InChI is InChI=1S/C20H21N5OS/c1-2-25-19(26)17-12-7-3-6-10-15(12)27-18(17)24-20(25)21-11-16-22-13-8-4-5-9-14(13)23-16/h4-5,8-9H,2-3,6-7,10-11H2,1H3,(H,21,24)(H,22,23). The van der Waals surface area contributed by atoms with Crippen LogP contribution in [-0.4, -0.2) is 19.5 Å². The number of H-pyrrole nitrogens is 1. The van der Waals surface area contributed by atoms with E-state index in [1.54, 1.807) is 15.9 Å². The minimum Gasteiger partial charge on any atom is -0.348 e. The molecule has 0 atom stereocenters. The third-order valence-electron chi connectivity index (χ3n) is 5.24. The Bertz CT molecular complexity index is 1170. The lowest BCUT2D eigenvalue weighted by Gasteiger charge is -2.13. The van der Waals surface area contributed by atoms with Crippen LogP contribution in [0.1, 0.15) is 36.0 Å². The van der Waals surface area contributed by atoms with E-state index in [1.165, 1.54) is 16.9 Å². The summed E-state index contributed by atoms with van der Waals surface area (Å²) in [6.07, 6.45) is 4.45. The molecule has 1 aliphatic rings. The summed E-state index contributed by atoms with van der Waals surface area (Å²) in [4.78, 5) is 28.1. The number of aromatic nitrogens is 4. The minimum atomic E-state index is 0.0778. The third kappa shape index (κ3) is 2.73. The van der Waals surface area contributed by atoms with Crippen molar-refractivity contribution in [2.45, 2.75) is 45.7 Å². The Balaban J connectivity index is 1.53. The maximum Gasteiger partial charge on any atom is 0.263 e. The lowest BCUT2D eigenvalue weighted by molar-refractivity contribution is 0.695. The van der Waals surface area contributed by atoms with Gasteiger partial charge in [0.25, 0.3) is 5.56 Å². The smallest absolute Gasteiger partial charge is 0.263 e. The lowest BCUT2D eigenvalue weighted by Crippen LogP contribution is -2.24. The van der Waals surface area contributed by atoms with Gasteiger partial charge in [-0.3, -0.25) is 9.36 Å². The van der Waals surface area contributed by atoms with Crippen molar-refractivity contribution in [3.05, 3.63) is 50.9 Å². The number of nitrogens with one attached hydrogen (secondary N) is 2. The molecule has 0 aliphatic heterocycles. The van der Waals surface area contributed by atoms with Gasteiger partial charge in [0.2, 0.25) is 5.95 Å². The predicted molar refractivity (Wildman–Crippen MR) is 110 cm³/mol. The number of para-hydroxylation sites is 2. The van der Waals surface area contributed by atoms with Crippen molar-refractivity contribution in [1.29, 1.82) is 0 Å². The van der Waals surface area contributed by atoms with Crippen molar-refractivity contribution in [3.63, 3.8) is 0 Å². The van der Waals surface area contributed by atoms with E-state index in [1.807, 2.05) is 31.2 Å². The maximum atomic E-state index is 13.1. The number of fused-ring (bicyclic) bond motifs is 4. The van der Waals surface area contributed by atoms with Crippen LogP contribution >= 0.6 is 11.3 Å². The summed E-state index contributed by atoms with van der Waals surface area (Å²) >= 11 is 1.68. The van der Waals surface area contributed by atoms with E-state index < -0.39 is 0 Å². The van der Waals surface area contributed by atoms with E-state index in [2.05, 4.69) is 15.3 Å². The lowest BCUT2D eigenvalue weighted by atomic mass is 9.97. The second kappa shape index (κ2) is 6.49. The fraction of sp³-hybridized carbons (Fsp3) is 0.350. The van der Waals surface area contributed by atoms with Gasteiger partial charge < -0.3 is 10.3 Å². The number of benzene rings is 1. The Labute approximate surface area is 160 Å². The van der Waals surface area contributed by atoms with Gasteiger partial charge in [-0.25, -0.2) is 9.97 Å². The molecular formula is C20H21N5OS. The maximum absolute atomic E-state index is 13.1. The molecule has 27 heavy (non-hydrogen) atoms. The first-order valence-electron chi connectivity index (χ1n) is 9.47. The molecule has 1 aromatic carbocycles. The Hall–Kier alpha value is -2.67. The molecule has 4 aromatic rings. The highest BCUT2D eigenvalue weighted by Gasteiger charge is 2.21. The van der Waals surface area contributed by atoms with Gasteiger partial charge in [0, 0.05) is 11.4 Å². The molecule has 0 saturated carbocycles. The second-order valence-electron chi connectivity index (χ2n) is 6.93. The van der Waals surface area contributed by atoms with Gasteiger partial charge in [-0.2, -0.15) is 0 Å².